The molecule has 2 aromatic heterocycles. The molecule has 0 saturated heterocycles. The number of fused-ring (bicyclic) bond motifs is 1. The van der Waals surface area contributed by atoms with Crippen LogP contribution in [0.15, 0.2) is 0 Å². The summed E-state index contributed by atoms with van der Waals surface area (Å²) in [5, 5.41) is 9.85. The number of carboxylic acids is 1. The summed E-state index contributed by atoms with van der Waals surface area (Å²) in [7, 11) is 0. The van der Waals surface area contributed by atoms with Crippen LogP contribution in [0.2, 0.25) is 0 Å². The van der Waals surface area contributed by atoms with E-state index in [0.717, 1.165) is 28.0 Å². The first kappa shape index (κ1) is 12.0. The predicted molar refractivity (Wildman–Crippen MR) is 67.6 cm³/mol. The number of aromatic nitrogens is 2. The lowest BCUT2D eigenvalue weighted by Gasteiger charge is -2.03. The number of aryl methyl sites for hydroxylation is 3. The van der Waals surface area contributed by atoms with Gasteiger partial charge in [0.1, 0.15) is 10.7 Å². The minimum Gasteiger partial charge on any atom is -0.481 e. The summed E-state index contributed by atoms with van der Waals surface area (Å²) in [6.07, 6.45) is 0.682. The van der Waals surface area contributed by atoms with E-state index in [4.69, 9.17) is 5.11 Å². The van der Waals surface area contributed by atoms with Gasteiger partial charge in [0.25, 0.3) is 0 Å². The molecule has 1 N–H and O–H groups in total. The number of nitrogens with zero attached hydrogens (tertiary/aromatic N) is 2. The summed E-state index contributed by atoms with van der Waals surface area (Å²) in [4.78, 5) is 21.8. The Balaban J connectivity index is 2.72. The Labute approximate surface area is 103 Å². The van der Waals surface area contributed by atoms with Crippen LogP contribution in [-0.2, 0) is 17.6 Å². The zero-order valence-electron chi connectivity index (χ0n) is 10.1. The molecule has 0 fully saturated rings. The molecule has 0 aliphatic carbocycles. The van der Waals surface area contributed by atoms with Gasteiger partial charge in [-0.05, 0) is 19.4 Å². The number of thiophene rings is 1. The van der Waals surface area contributed by atoms with Crippen LogP contribution < -0.4 is 0 Å². The maximum absolute atomic E-state index is 10.9. The lowest BCUT2D eigenvalue weighted by molar-refractivity contribution is -0.136. The van der Waals surface area contributed by atoms with Crippen molar-refractivity contribution in [2.75, 3.05) is 0 Å². The number of hydrogen-bond donors (Lipinski definition) is 1. The smallest absolute Gasteiger partial charge is 0.309 e. The fourth-order valence-corrected chi connectivity index (χ4v) is 2.88. The van der Waals surface area contributed by atoms with Crippen molar-refractivity contribution in [1.29, 1.82) is 0 Å². The zero-order chi connectivity index (χ0) is 12.6. The fraction of sp³-hybridized carbons (Fsp3) is 0.417. The first-order chi connectivity index (χ1) is 8.02. The Morgan fingerprint density at radius 2 is 2.06 bits per heavy atom. The summed E-state index contributed by atoms with van der Waals surface area (Å²) in [6, 6.07) is 0. The predicted octanol–water partition coefficient (Wildman–Crippen LogP) is 2.50. The summed E-state index contributed by atoms with van der Waals surface area (Å²) >= 11 is 1.61. The van der Waals surface area contributed by atoms with Crippen LogP contribution in [0.1, 0.15) is 28.9 Å². The minimum atomic E-state index is -0.852. The van der Waals surface area contributed by atoms with E-state index in [2.05, 4.69) is 9.97 Å². The van der Waals surface area contributed by atoms with E-state index in [9.17, 15) is 4.79 Å². The highest BCUT2D eigenvalue weighted by atomic mass is 32.1. The second-order valence-electron chi connectivity index (χ2n) is 3.97. The van der Waals surface area contributed by atoms with Crippen molar-refractivity contribution in [2.45, 2.75) is 33.6 Å². The van der Waals surface area contributed by atoms with Crippen LogP contribution in [0.4, 0.5) is 0 Å². The molecule has 0 radical (unpaired) electrons. The van der Waals surface area contributed by atoms with Gasteiger partial charge in [-0.1, -0.05) is 6.92 Å². The van der Waals surface area contributed by atoms with Crippen LogP contribution in [-0.4, -0.2) is 21.0 Å². The molecule has 0 aliphatic heterocycles. The summed E-state index contributed by atoms with van der Waals surface area (Å²) in [6.45, 7) is 5.99. The molecular formula is C12H14N2O2S. The summed E-state index contributed by atoms with van der Waals surface area (Å²) < 4.78 is 0. The van der Waals surface area contributed by atoms with Crippen molar-refractivity contribution in [3.05, 3.63) is 22.0 Å². The molecule has 0 amide bonds. The number of hydrogen-bond acceptors (Lipinski definition) is 4. The van der Waals surface area contributed by atoms with Crippen LogP contribution in [0.25, 0.3) is 10.2 Å². The molecule has 4 nitrogen and oxygen atoms in total. The lowest BCUT2D eigenvalue weighted by atomic mass is 10.1. The topological polar surface area (TPSA) is 63.1 Å². The third-order valence-electron chi connectivity index (χ3n) is 2.78. The third-order valence-corrected chi connectivity index (χ3v) is 3.89. The molecule has 2 aromatic rings. The largest absolute Gasteiger partial charge is 0.481 e. The maximum Gasteiger partial charge on any atom is 0.309 e. The van der Waals surface area contributed by atoms with Crippen molar-refractivity contribution < 1.29 is 9.90 Å². The molecule has 90 valence electrons. The Kier molecular flexibility index (Phi) is 3.11. The van der Waals surface area contributed by atoms with E-state index in [0.29, 0.717) is 5.69 Å². The third kappa shape index (κ3) is 2.15. The highest BCUT2D eigenvalue weighted by molar-refractivity contribution is 7.18. The second kappa shape index (κ2) is 4.41. The number of aliphatic carboxylic acids is 1. The van der Waals surface area contributed by atoms with E-state index in [-0.39, 0.29) is 6.42 Å². The van der Waals surface area contributed by atoms with Crippen LogP contribution in [0.3, 0.4) is 0 Å². The standard InChI is InChI=1S/C12H14N2O2S/c1-4-9-13-8(5-10(15)16)11-6(2)7(3)17-12(11)14-9/h4-5H2,1-3H3,(H,15,16). The summed E-state index contributed by atoms with van der Waals surface area (Å²) in [5.41, 5.74) is 1.74. The van der Waals surface area contributed by atoms with Crippen molar-refractivity contribution in [2.24, 2.45) is 0 Å². The van der Waals surface area contributed by atoms with Crippen molar-refractivity contribution in [3.63, 3.8) is 0 Å². The van der Waals surface area contributed by atoms with Gasteiger partial charge in [0, 0.05) is 16.7 Å². The van der Waals surface area contributed by atoms with E-state index >= 15 is 0 Å². The van der Waals surface area contributed by atoms with Crippen molar-refractivity contribution in [3.8, 4) is 0 Å². The molecular weight excluding hydrogens is 236 g/mol. The fourth-order valence-electron chi connectivity index (χ4n) is 1.81. The van der Waals surface area contributed by atoms with Crippen molar-refractivity contribution in [1.82, 2.24) is 9.97 Å². The molecule has 0 bridgehead atoms. The van der Waals surface area contributed by atoms with Gasteiger partial charge in [0.15, 0.2) is 0 Å². The summed E-state index contributed by atoms with van der Waals surface area (Å²) in [5.74, 6) is -0.134. The van der Waals surface area contributed by atoms with E-state index in [1.807, 2.05) is 20.8 Å². The first-order valence-electron chi connectivity index (χ1n) is 5.50. The van der Waals surface area contributed by atoms with Crippen molar-refractivity contribution >= 4 is 27.5 Å². The van der Waals surface area contributed by atoms with Crippen LogP contribution in [0, 0.1) is 13.8 Å². The molecule has 0 saturated carbocycles. The quantitative estimate of drug-likeness (QED) is 0.909. The SMILES string of the molecule is CCc1nc(CC(=O)O)c2c(C)c(C)sc2n1. The van der Waals surface area contributed by atoms with Gasteiger partial charge in [-0.15, -0.1) is 11.3 Å². The van der Waals surface area contributed by atoms with E-state index < -0.39 is 5.97 Å². The Morgan fingerprint density at radius 1 is 1.35 bits per heavy atom. The highest BCUT2D eigenvalue weighted by Gasteiger charge is 2.15. The van der Waals surface area contributed by atoms with E-state index in [1.54, 1.807) is 11.3 Å². The van der Waals surface area contributed by atoms with Crippen LogP contribution >= 0.6 is 11.3 Å². The van der Waals surface area contributed by atoms with Gasteiger partial charge in [-0.2, -0.15) is 0 Å². The average Bonchev–Trinajstić information content (AvgIpc) is 2.54. The molecule has 17 heavy (non-hydrogen) atoms. The van der Waals surface area contributed by atoms with Gasteiger partial charge >= 0.3 is 5.97 Å². The molecule has 2 rings (SSSR count). The lowest BCUT2D eigenvalue weighted by Crippen LogP contribution is -2.06. The van der Waals surface area contributed by atoms with Gasteiger partial charge in [-0.3, -0.25) is 4.79 Å². The minimum absolute atomic E-state index is 0.0387. The first-order valence-corrected chi connectivity index (χ1v) is 6.31. The van der Waals surface area contributed by atoms with E-state index in [1.165, 1.54) is 4.88 Å². The van der Waals surface area contributed by atoms with Gasteiger partial charge in [-0.25, -0.2) is 9.97 Å². The second-order valence-corrected chi connectivity index (χ2v) is 5.18. The molecule has 0 aliphatic rings. The Morgan fingerprint density at radius 3 is 2.65 bits per heavy atom. The highest BCUT2D eigenvalue weighted by Crippen LogP contribution is 2.31. The average molecular weight is 250 g/mol. The molecule has 5 heteroatoms. The van der Waals surface area contributed by atoms with Gasteiger partial charge in [0.2, 0.25) is 0 Å². The van der Waals surface area contributed by atoms with Crippen LogP contribution in [0.5, 0.6) is 0 Å². The number of carboxylic acid groups (broad SMARTS) is 1. The number of carbonyl (C=O) groups is 1. The normalized spacial score (nSPS) is 11.0. The Bertz CT molecular complexity index is 590. The van der Waals surface area contributed by atoms with Gasteiger partial charge in [0.05, 0.1) is 12.1 Å². The maximum atomic E-state index is 10.9. The zero-order valence-corrected chi connectivity index (χ0v) is 10.9. The molecule has 2 heterocycles. The Hall–Kier alpha value is -1.49. The number of rotatable bonds is 3. The van der Waals surface area contributed by atoms with Gasteiger partial charge < -0.3 is 5.11 Å². The molecule has 0 atom stereocenters. The molecule has 0 spiro atoms. The molecule has 0 aromatic carbocycles. The monoisotopic (exact) mass is 250 g/mol. The molecule has 0 unspecified atom stereocenters.